The van der Waals surface area contributed by atoms with E-state index in [9.17, 15) is 37.1 Å². The minimum absolute atomic E-state index is 0.0568. The fraction of sp³-hybridized carbons (Fsp3) is 0.414. The van der Waals surface area contributed by atoms with Gasteiger partial charge in [0.05, 0.1) is 17.6 Å². The fourth-order valence-electron chi connectivity index (χ4n) is 5.48. The van der Waals surface area contributed by atoms with Gasteiger partial charge in [0, 0.05) is 17.7 Å². The number of ether oxygens (including phenoxy) is 1. The number of carbonyl (C=O) groups is 5. The van der Waals surface area contributed by atoms with Crippen LogP contribution in [0.4, 0.5) is 18.9 Å². The number of fused-ring (bicyclic) bond motifs is 4. The number of Topliss-reactive ketones (excluding diaryl/α,β-unsaturated/α-hetero) is 1. The second-order valence-corrected chi connectivity index (χ2v) is 10.8. The van der Waals surface area contributed by atoms with Crippen LogP contribution in [0.15, 0.2) is 36.4 Å². The zero-order valence-electron chi connectivity index (χ0n) is 22.4. The van der Waals surface area contributed by atoms with Crippen molar-refractivity contribution in [3.05, 3.63) is 59.4 Å². The Morgan fingerprint density at radius 3 is 2.43 bits per heavy atom. The Morgan fingerprint density at radius 2 is 1.74 bits per heavy atom. The summed E-state index contributed by atoms with van der Waals surface area (Å²) in [6.45, 7) is -0.843. The molecule has 2 aromatic carbocycles. The third-order valence-corrected chi connectivity index (χ3v) is 7.96. The molecule has 0 radical (unpaired) electrons. The van der Waals surface area contributed by atoms with E-state index in [2.05, 4.69) is 21.3 Å². The normalized spacial score (nSPS) is 22.5. The van der Waals surface area contributed by atoms with Crippen LogP contribution < -0.4 is 26.0 Å². The molecule has 2 fully saturated rings. The summed E-state index contributed by atoms with van der Waals surface area (Å²) in [5.41, 5.74) is -0.00671. The quantitative estimate of drug-likeness (QED) is 0.303. The Morgan fingerprint density at radius 1 is 1.00 bits per heavy atom. The molecule has 4 amide bonds. The van der Waals surface area contributed by atoms with E-state index in [1.807, 2.05) is 0 Å². The SMILES string of the molecule is O=C(Nc1ccccc1)C(=O)N[C@@H](CC1CCC1)C(=O)N[C@H]1C[C@@H]2CC(NC2=O)c2c(F)cc(F)c(F)c2OCC1=O. The lowest BCUT2D eigenvalue weighted by Crippen LogP contribution is -2.55. The number of hydrogen-bond acceptors (Lipinski definition) is 6. The van der Waals surface area contributed by atoms with Gasteiger partial charge < -0.3 is 26.0 Å². The Bertz CT molecular complexity index is 1420. The average Bonchev–Trinajstić information content (AvgIpc) is 3.29. The number of benzene rings is 2. The van der Waals surface area contributed by atoms with Gasteiger partial charge in [-0.3, -0.25) is 24.0 Å². The predicted octanol–water partition coefficient (Wildman–Crippen LogP) is 2.43. The lowest BCUT2D eigenvalue weighted by Gasteiger charge is -2.30. The van der Waals surface area contributed by atoms with Gasteiger partial charge in [-0.2, -0.15) is 4.39 Å². The van der Waals surface area contributed by atoms with Crippen molar-refractivity contribution in [1.29, 1.82) is 0 Å². The number of para-hydroxylation sites is 1. The van der Waals surface area contributed by atoms with Crippen LogP contribution in [0.3, 0.4) is 0 Å². The van der Waals surface area contributed by atoms with Crippen LogP contribution in [-0.4, -0.2) is 48.1 Å². The van der Waals surface area contributed by atoms with Crippen LogP contribution in [0.25, 0.3) is 0 Å². The highest BCUT2D eigenvalue weighted by Crippen LogP contribution is 2.40. The molecular formula is C29H29F3N4O6. The van der Waals surface area contributed by atoms with Crippen molar-refractivity contribution in [2.24, 2.45) is 11.8 Å². The molecule has 1 aliphatic carbocycles. The Labute approximate surface area is 238 Å². The maximum Gasteiger partial charge on any atom is 0.313 e. The first kappa shape index (κ1) is 29.1. The van der Waals surface area contributed by atoms with Crippen LogP contribution in [-0.2, 0) is 24.0 Å². The molecule has 13 heteroatoms. The van der Waals surface area contributed by atoms with Crippen molar-refractivity contribution in [1.82, 2.24) is 16.0 Å². The third-order valence-electron chi connectivity index (χ3n) is 7.96. The number of anilines is 1. The molecule has 4 N–H and O–H groups in total. The van der Waals surface area contributed by atoms with Gasteiger partial charge in [0.15, 0.2) is 17.3 Å². The van der Waals surface area contributed by atoms with Crippen LogP contribution >= 0.6 is 0 Å². The molecule has 2 heterocycles. The van der Waals surface area contributed by atoms with Crippen molar-refractivity contribution in [3.8, 4) is 5.75 Å². The molecule has 5 rings (SSSR count). The highest BCUT2D eigenvalue weighted by molar-refractivity contribution is 6.40. The molecular weight excluding hydrogens is 557 g/mol. The molecule has 222 valence electrons. The van der Waals surface area contributed by atoms with Crippen molar-refractivity contribution < 1.29 is 41.9 Å². The van der Waals surface area contributed by atoms with Crippen LogP contribution in [0.2, 0.25) is 0 Å². The van der Waals surface area contributed by atoms with Crippen LogP contribution in [0, 0.1) is 29.3 Å². The van der Waals surface area contributed by atoms with Gasteiger partial charge in [-0.05, 0) is 37.3 Å². The molecule has 3 aliphatic rings. The summed E-state index contributed by atoms with van der Waals surface area (Å²) in [6, 6.07) is 5.12. The Kier molecular flexibility index (Phi) is 8.46. The number of rotatable bonds is 6. The van der Waals surface area contributed by atoms with E-state index >= 15 is 0 Å². The topological polar surface area (TPSA) is 143 Å². The number of hydrogen-bond donors (Lipinski definition) is 4. The van der Waals surface area contributed by atoms with Crippen molar-refractivity contribution in [2.75, 3.05) is 11.9 Å². The molecule has 1 saturated heterocycles. The van der Waals surface area contributed by atoms with E-state index in [1.54, 1.807) is 30.3 Å². The lowest BCUT2D eigenvalue weighted by atomic mass is 9.80. The van der Waals surface area contributed by atoms with E-state index in [0.29, 0.717) is 11.8 Å². The zero-order valence-corrected chi connectivity index (χ0v) is 22.4. The first-order chi connectivity index (χ1) is 20.1. The van der Waals surface area contributed by atoms with Gasteiger partial charge in [-0.15, -0.1) is 0 Å². The summed E-state index contributed by atoms with van der Waals surface area (Å²) in [5.74, 6) is -9.83. The summed E-state index contributed by atoms with van der Waals surface area (Å²) >= 11 is 0. The minimum Gasteiger partial charge on any atom is -0.482 e. The number of amides is 4. The maximum absolute atomic E-state index is 14.7. The third kappa shape index (κ3) is 6.24. The summed E-state index contributed by atoms with van der Waals surface area (Å²) in [4.78, 5) is 64.5. The molecule has 2 aromatic rings. The molecule has 42 heavy (non-hydrogen) atoms. The summed E-state index contributed by atoms with van der Waals surface area (Å²) in [5, 5.41) is 9.99. The lowest BCUT2D eigenvalue weighted by molar-refractivity contribution is -0.138. The zero-order chi connectivity index (χ0) is 30.0. The number of nitrogens with one attached hydrogen (secondary N) is 4. The van der Waals surface area contributed by atoms with Gasteiger partial charge >= 0.3 is 11.8 Å². The van der Waals surface area contributed by atoms with E-state index < -0.39 is 88.8 Å². The highest BCUT2D eigenvalue weighted by atomic mass is 19.2. The van der Waals surface area contributed by atoms with Gasteiger partial charge in [-0.25, -0.2) is 8.78 Å². The summed E-state index contributed by atoms with van der Waals surface area (Å²) in [7, 11) is 0. The van der Waals surface area contributed by atoms with Crippen LogP contribution in [0.5, 0.6) is 5.75 Å². The second kappa shape index (κ2) is 12.2. The number of carbonyl (C=O) groups excluding carboxylic acids is 5. The van der Waals surface area contributed by atoms with Gasteiger partial charge in [0.25, 0.3) is 0 Å². The monoisotopic (exact) mass is 586 g/mol. The maximum atomic E-state index is 14.7. The van der Waals surface area contributed by atoms with Gasteiger partial charge in [0.1, 0.15) is 18.5 Å². The number of ketones is 1. The van der Waals surface area contributed by atoms with E-state index in [-0.39, 0.29) is 25.2 Å². The first-order valence-electron chi connectivity index (χ1n) is 13.7. The molecule has 2 aliphatic heterocycles. The molecule has 1 unspecified atom stereocenters. The molecule has 1 saturated carbocycles. The van der Waals surface area contributed by atoms with Gasteiger partial charge in [0.2, 0.25) is 17.6 Å². The van der Waals surface area contributed by atoms with Crippen molar-refractivity contribution in [3.63, 3.8) is 0 Å². The largest absolute Gasteiger partial charge is 0.482 e. The standard InChI is InChI=1S/C29H29F3N4O6/c30-17-12-18(31)24(32)25-23(17)20-11-15(26(38)35-20)10-19(22(37)13-42-25)34-27(39)21(9-14-5-4-6-14)36-29(41)28(40)33-16-7-2-1-3-8-16/h1-3,7-8,12,14-15,19-21H,4-6,9-11,13H2,(H,33,40)(H,34,39)(H,35,38)(H,36,41)/t15-,19+,20?,21+/m1/s1. The van der Waals surface area contributed by atoms with E-state index in [4.69, 9.17) is 4.74 Å². The smallest absolute Gasteiger partial charge is 0.313 e. The molecule has 0 spiro atoms. The fourth-order valence-corrected chi connectivity index (χ4v) is 5.48. The number of halogens is 3. The average molecular weight is 587 g/mol. The van der Waals surface area contributed by atoms with Crippen molar-refractivity contribution >= 4 is 35.1 Å². The van der Waals surface area contributed by atoms with E-state index in [0.717, 1.165) is 19.3 Å². The Hall–Kier alpha value is -4.42. The summed E-state index contributed by atoms with van der Waals surface area (Å²) < 4.78 is 48.5. The molecule has 4 atom stereocenters. The van der Waals surface area contributed by atoms with Crippen LogP contribution in [0.1, 0.15) is 50.1 Å². The van der Waals surface area contributed by atoms with E-state index in [1.165, 1.54) is 0 Å². The molecule has 0 aromatic heterocycles. The predicted molar refractivity (Wildman–Crippen MR) is 141 cm³/mol. The second-order valence-electron chi connectivity index (χ2n) is 10.8. The van der Waals surface area contributed by atoms with Crippen molar-refractivity contribution in [2.45, 2.75) is 56.7 Å². The van der Waals surface area contributed by atoms with Gasteiger partial charge in [-0.1, -0.05) is 37.5 Å². The minimum atomic E-state index is -1.52. The molecule has 10 nitrogen and oxygen atoms in total. The molecule has 2 bridgehead atoms. The summed E-state index contributed by atoms with van der Waals surface area (Å²) in [6.07, 6.45) is 2.60. The Balaban J connectivity index is 1.33. The first-order valence-corrected chi connectivity index (χ1v) is 13.7. The highest BCUT2D eigenvalue weighted by Gasteiger charge is 2.42.